The highest BCUT2D eigenvalue weighted by Gasteiger charge is 2.29. The lowest BCUT2D eigenvalue weighted by Gasteiger charge is -2.19. The molecule has 4 nitrogen and oxygen atoms in total. The molecule has 3 rings (SSSR count). The Balaban J connectivity index is 1.71. The van der Waals surface area contributed by atoms with E-state index in [1.807, 2.05) is 18.2 Å². The van der Waals surface area contributed by atoms with Gasteiger partial charge in [-0.15, -0.1) is 0 Å². The van der Waals surface area contributed by atoms with Crippen molar-refractivity contribution in [1.29, 1.82) is 0 Å². The third kappa shape index (κ3) is 2.78. The summed E-state index contributed by atoms with van der Waals surface area (Å²) in [5.41, 5.74) is 0.969. The maximum Gasteiger partial charge on any atom is 0.308 e. The zero-order chi connectivity index (χ0) is 13.4. The summed E-state index contributed by atoms with van der Waals surface area (Å²) < 4.78 is 5.69. The van der Waals surface area contributed by atoms with Gasteiger partial charge in [0.2, 0.25) is 0 Å². The first-order chi connectivity index (χ1) is 9.13. The lowest BCUT2D eigenvalue weighted by molar-refractivity contribution is -0.140. The Labute approximate surface area is 116 Å². The van der Waals surface area contributed by atoms with Gasteiger partial charge in [0.25, 0.3) is 0 Å². The van der Waals surface area contributed by atoms with Crippen LogP contribution in [0.2, 0.25) is 5.02 Å². The van der Waals surface area contributed by atoms with Gasteiger partial charge in [0.1, 0.15) is 5.75 Å². The van der Waals surface area contributed by atoms with Gasteiger partial charge in [-0.05, 0) is 37.5 Å². The second kappa shape index (κ2) is 4.93. The third-order valence-corrected chi connectivity index (χ3v) is 3.93. The highest BCUT2D eigenvalue weighted by Crippen LogP contribution is 2.35. The van der Waals surface area contributed by atoms with Crippen LogP contribution in [-0.2, 0) is 4.79 Å². The molecule has 0 spiro atoms. The smallest absolute Gasteiger partial charge is 0.308 e. The number of benzene rings is 1. The third-order valence-electron chi connectivity index (χ3n) is 3.64. The van der Waals surface area contributed by atoms with Crippen LogP contribution >= 0.6 is 11.6 Å². The first kappa shape index (κ1) is 12.6. The molecule has 19 heavy (non-hydrogen) atoms. The molecule has 1 heterocycles. The number of aliphatic carboxylic acids is 1. The SMILES string of the molecule is O=C(O)C1CCN(c2ccc(OC3CC3)c(Cl)c2)C1. The summed E-state index contributed by atoms with van der Waals surface area (Å²) in [6.45, 7) is 1.31. The number of rotatable bonds is 4. The van der Waals surface area contributed by atoms with Gasteiger partial charge in [-0.3, -0.25) is 4.79 Å². The molecule has 102 valence electrons. The van der Waals surface area contributed by atoms with Crippen molar-refractivity contribution in [2.24, 2.45) is 5.92 Å². The molecular weight excluding hydrogens is 266 g/mol. The van der Waals surface area contributed by atoms with Crippen LogP contribution in [0.1, 0.15) is 19.3 Å². The topological polar surface area (TPSA) is 49.8 Å². The molecule has 0 radical (unpaired) electrons. The molecule has 1 saturated heterocycles. The van der Waals surface area contributed by atoms with Gasteiger partial charge in [0.15, 0.2) is 0 Å². The molecule has 1 aromatic carbocycles. The fourth-order valence-electron chi connectivity index (χ4n) is 2.34. The van der Waals surface area contributed by atoms with E-state index < -0.39 is 5.97 Å². The number of carboxylic acid groups (broad SMARTS) is 1. The highest BCUT2D eigenvalue weighted by molar-refractivity contribution is 6.32. The summed E-state index contributed by atoms with van der Waals surface area (Å²) in [5.74, 6) is -0.273. The molecule has 2 fully saturated rings. The van der Waals surface area contributed by atoms with Crippen molar-refractivity contribution in [1.82, 2.24) is 0 Å². The molecule has 1 saturated carbocycles. The zero-order valence-electron chi connectivity index (χ0n) is 10.5. The number of nitrogens with zero attached hydrogens (tertiary/aromatic N) is 1. The van der Waals surface area contributed by atoms with Gasteiger partial charge >= 0.3 is 5.97 Å². The average Bonchev–Trinajstić information content (AvgIpc) is 3.05. The zero-order valence-corrected chi connectivity index (χ0v) is 11.3. The van der Waals surface area contributed by atoms with Gasteiger partial charge in [-0.25, -0.2) is 0 Å². The number of hydrogen-bond donors (Lipinski definition) is 1. The summed E-state index contributed by atoms with van der Waals surface area (Å²) in [7, 11) is 0. The molecule has 5 heteroatoms. The Morgan fingerprint density at radius 1 is 1.37 bits per heavy atom. The fourth-order valence-corrected chi connectivity index (χ4v) is 2.56. The number of halogens is 1. The van der Waals surface area contributed by atoms with Gasteiger partial charge in [-0.1, -0.05) is 11.6 Å². The van der Waals surface area contributed by atoms with Crippen LogP contribution in [0.15, 0.2) is 18.2 Å². The normalized spacial score (nSPS) is 22.6. The molecule has 0 amide bonds. The Kier molecular flexibility index (Phi) is 3.27. The molecule has 1 unspecified atom stereocenters. The second-order valence-corrected chi connectivity index (χ2v) is 5.61. The summed E-state index contributed by atoms with van der Waals surface area (Å²) in [5, 5.41) is 9.61. The van der Waals surface area contributed by atoms with Crippen molar-refractivity contribution in [2.75, 3.05) is 18.0 Å². The largest absolute Gasteiger partial charge is 0.489 e. The van der Waals surface area contributed by atoms with Crippen LogP contribution in [0, 0.1) is 5.92 Å². The van der Waals surface area contributed by atoms with Crippen LogP contribution in [0.4, 0.5) is 5.69 Å². The Hall–Kier alpha value is -1.42. The molecular formula is C14H16ClNO3. The summed E-state index contributed by atoms with van der Waals surface area (Å²) in [6, 6.07) is 5.70. The molecule has 1 N–H and O–H groups in total. The summed E-state index contributed by atoms with van der Waals surface area (Å²) in [6.07, 6.45) is 3.22. The van der Waals surface area contributed by atoms with Crippen LogP contribution in [-0.4, -0.2) is 30.3 Å². The van der Waals surface area contributed by atoms with E-state index in [0.717, 1.165) is 30.8 Å². The van der Waals surface area contributed by atoms with Crippen molar-refractivity contribution in [3.05, 3.63) is 23.2 Å². The van der Waals surface area contributed by atoms with E-state index in [2.05, 4.69) is 4.90 Å². The lowest BCUT2D eigenvalue weighted by atomic mass is 10.1. The van der Waals surface area contributed by atoms with Crippen LogP contribution in [0.3, 0.4) is 0 Å². The minimum atomic E-state index is -0.720. The predicted octanol–water partition coefficient (Wildman–Crippen LogP) is 2.79. The number of anilines is 1. The van der Waals surface area contributed by atoms with Gasteiger partial charge in [0, 0.05) is 18.8 Å². The number of carboxylic acids is 1. The summed E-state index contributed by atoms with van der Waals surface area (Å²) in [4.78, 5) is 13.0. The number of ether oxygens (including phenoxy) is 1. The predicted molar refractivity (Wildman–Crippen MR) is 73.1 cm³/mol. The first-order valence-electron chi connectivity index (χ1n) is 6.57. The quantitative estimate of drug-likeness (QED) is 0.922. The minimum absolute atomic E-state index is 0.277. The standard InChI is InChI=1S/C14H16ClNO3/c15-12-7-10(1-4-13(12)19-11-2-3-11)16-6-5-9(8-16)14(17)18/h1,4,7,9,11H,2-3,5-6,8H2,(H,17,18). The van der Waals surface area contributed by atoms with Crippen molar-refractivity contribution < 1.29 is 14.6 Å². The van der Waals surface area contributed by atoms with E-state index in [4.69, 9.17) is 21.4 Å². The highest BCUT2D eigenvalue weighted by atomic mass is 35.5. The molecule has 1 atom stereocenters. The molecule has 0 aromatic heterocycles. The molecule has 2 aliphatic rings. The number of carbonyl (C=O) groups is 1. The Bertz CT molecular complexity index is 501. The molecule has 1 aromatic rings. The minimum Gasteiger partial charge on any atom is -0.489 e. The second-order valence-electron chi connectivity index (χ2n) is 5.20. The summed E-state index contributed by atoms with van der Waals surface area (Å²) >= 11 is 6.21. The molecule has 0 bridgehead atoms. The van der Waals surface area contributed by atoms with Gasteiger partial charge in [0.05, 0.1) is 17.0 Å². The van der Waals surface area contributed by atoms with Crippen molar-refractivity contribution >= 4 is 23.3 Å². The van der Waals surface area contributed by atoms with E-state index in [-0.39, 0.29) is 5.92 Å². The average molecular weight is 282 g/mol. The van der Waals surface area contributed by atoms with Crippen LogP contribution in [0.25, 0.3) is 0 Å². The first-order valence-corrected chi connectivity index (χ1v) is 6.95. The van der Waals surface area contributed by atoms with E-state index in [1.165, 1.54) is 0 Å². The van der Waals surface area contributed by atoms with Gasteiger partial charge < -0.3 is 14.7 Å². The fraction of sp³-hybridized carbons (Fsp3) is 0.500. The van der Waals surface area contributed by atoms with Crippen molar-refractivity contribution in [2.45, 2.75) is 25.4 Å². The van der Waals surface area contributed by atoms with Gasteiger partial charge in [-0.2, -0.15) is 0 Å². The maximum absolute atomic E-state index is 11.0. The monoisotopic (exact) mass is 281 g/mol. The van der Waals surface area contributed by atoms with E-state index in [0.29, 0.717) is 24.1 Å². The maximum atomic E-state index is 11.0. The molecule has 1 aliphatic carbocycles. The lowest BCUT2D eigenvalue weighted by Crippen LogP contribution is -2.22. The van der Waals surface area contributed by atoms with E-state index in [1.54, 1.807) is 0 Å². The molecule has 1 aliphatic heterocycles. The van der Waals surface area contributed by atoms with Crippen LogP contribution in [0.5, 0.6) is 5.75 Å². The van der Waals surface area contributed by atoms with Crippen LogP contribution < -0.4 is 9.64 Å². The number of hydrogen-bond acceptors (Lipinski definition) is 3. The van der Waals surface area contributed by atoms with Crippen molar-refractivity contribution in [3.8, 4) is 5.75 Å². The van der Waals surface area contributed by atoms with Crippen molar-refractivity contribution in [3.63, 3.8) is 0 Å². The Morgan fingerprint density at radius 3 is 2.74 bits per heavy atom. The van der Waals surface area contributed by atoms with E-state index >= 15 is 0 Å². The van der Waals surface area contributed by atoms with E-state index in [9.17, 15) is 4.79 Å². The Morgan fingerprint density at radius 2 is 2.16 bits per heavy atom.